The maximum absolute atomic E-state index is 6.19. The minimum absolute atomic E-state index is 0.394. The van der Waals surface area contributed by atoms with Crippen LogP contribution in [0.4, 0.5) is 0 Å². The van der Waals surface area contributed by atoms with Crippen molar-refractivity contribution in [2.24, 2.45) is 0 Å². The second-order valence-electron chi connectivity index (χ2n) is 5.25. The lowest BCUT2D eigenvalue weighted by Gasteiger charge is -2.06. The summed E-state index contributed by atoms with van der Waals surface area (Å²) < 4.78 is 11.5. The van der Waals surface area contributed by atoms with E-state index in [0.29, 0.717) is 16.1 Å². The van der Waals surface area contributed by atoms with Gasteiger partial charge in [-0.1, -0.05) is 23.2 Å². The molecule has 21 heavy (non-hydrogen) atoms. The molecule has 1 atom stereocenters. The fourth-order valence-electron chi connectivity index (χ4n) is 2.56. The summed E-state index contributed by atoms with van der Waals surface area (Å²) in [5.74, 6) is 1.71. The molecule has 1 aliphatic heterocycles. The molecule has 3 rings (SSSR count). The van der Waals surface area contributed by atoms with E-state index in [1.165, 1.54) is 12.8 Å². The van der Waals surface area contributed by atoms with Crippen molar-refractivity contribution in [1.29, 1.82) is 0 Å². The van der Waals surface area contributed by atoms with E-state index in [1.807, 2.05) is 24.3 Å². The number of quaternary nitrogens is 1. The third-order valence-electron chi connectivity index (χ3n) is 3.66. The summed E-state index contributed by atoms with van der Waals surface area (Å²) >= 11 is 12.1. The number of nitrogens with two attached hydrogens (primary N) is 1. The van der Waals surface area contributed by atoms with E-state index in [-0.39, 0.29) is 0 Å². The number of ether oxygens (including phenoxy) is 1. The average molecular weight is 327 g/mol. The highest BCUT2D eigenvalue weighted by atomic mass is 35.5. The first-order valence-electron chi connectivity index (χ1n) is 7.20. The quantitative estimate of drug-likeness (QED) is 0.913. The molecular formula is C16H18Cl2NO2+. The van der Waals surface area contributed by atoms with Crippen molar-refractivity contribution in [3.05, 3.63) is 46.1 Å². The Morgan fingerprint density at radius 1 is 1.19 bits per heavy atom. The first kappa shape index (κ1) is 14.9. The highest BCUT2D eigenvalue weighted by molar-refractivity contribution is 6.36. The molecule has 0 radical (unpaired) electrons. The molecule has 0 unspecified atom stereocenters. The van der Waals surface area contributed by atoms with E-state index in [2.05, 4.69) is 5.32 Å². The van der Waals surface area contributed by atoms with E-state index in [9.17, 15) is 0 Å². The van der Waals surface area contributed by atoms with Gasteiger partial charge in [-0.15, -0.1) is 0 Å². The first-order chi connectivity index (χ1) is 10.2. The fraction of sp³-hybridized carbons (Fsp3) is 0.375. The molecule has 1 aromatic carbocycles. The fourth-order valence-corrected chi connectivity index (χ4v) is 3.07. The van der Waals surface area contributed by atoms with Crippen molar-refractivity contribution in [2.75, 3.05) is 13.2 Å². The van der Waals surface area contributed by atoms with Gasteiger partial charge in [0.1, 0.15) is 25.0 Å². The summed E-state index contributed by atoms with van der Waals surface area (Å²) in [6.45, 7) is 2.70. The Balaban J connectivity index is 1.60. The van der Waals surface area contributed by atoms with Gasteiger partial charge in [0, 0.05) is 17.2 Å². The molecule has 0 amide bonds. The second-order valence-corrected chi connectivity index (χ2v) is 6.10. The van der Waals surface area contributed by atoms with Crippen molar-refractivity contribution >= 4 is 23.2 Å². The normalized spacial score (nSPS) is 18.3. The zero-order chi connectivity index (χ0) is 14.7. The lowest BCUT2D eigenvalue weighted by Crippen LogP contribution is -2.84. The predicted molar refractivity (Wildman–Crippen MR) is 83.6 cm³/mol. The van der Waals surface area contributed by atoms with Crippen LogP contribution in [0.15, 0.2) is 34.7 Å². The van der Waals surface area contributed by atoms with Gasteiger partial charge in [0.2, 0.25) is 0 Å². The summed E-state index contributed by atoms with van der Waals surface area (Å²) in [6, 6.07) is 9.36. The van der Waals surface area contributed by atoms with Gasteiger partial charge in [-0.2, -0.15) is 0 Å². The van der Waals surface area contributed by atoms with Gasteiger partial charge in [-0.25, -0.2) is 0 Å². The molecule has 3 nitrogen and oxygen atoms in total. The molecule has 0 saturated carbocycles. The van der Waals surface area contributed by atoms with Crippen molar-refractivity contribution in [2.45, 2.75) is 25.5 Å². The van der Waals surface area contributed by atoms with Crippen LogP contribution in [0.2, 0.25) is 10.0 Å². The molecule has 1 saturated heterocycles. The molecule has 1 fully saturated rings. The maximum Gasteiger partial charge on any atom is 0.158 e. The first-order valence-corrected chi connectivity index (χ1v) is 7.95. The van der Waals surface area contributed by atoms with Crippen molar-refractivity contribution in [1.82, 2.24) is 0 Å². The van der Waals surface area contributed by atoms with Crippen LogP contribution in [0, 0.1) is 0 Å². The van der Waals surface area contributed by atoms with Gasteiger partial charge in [0.05, 0.1) is 5.02 Å². The van der Waals surface area contributed by atoms with E-state index in [0.717, 1.165) is 36.8 Å². The average Bonchev–Trinajstić information content (AvgIpc) is 3.10. The van der Waals surface area contributed by atoms with Crippen molar-refractivity contribution in [3.8, 4) is 11.3 Å². The number of benzene rings is 1. The van der Waals surface area contributed by atoms with Crippen LogP contribution in [-0.2, 0) is 11.3 Å². The largest absolute Gasteiger partial charge is 0.455 e. The molecule has 0 aliphatic carbocycles. The van der Waals surface area contributed by atoms with Crippen LogP contribution >= 0.6 is 23.2 Å². The van der Waals surface area contributed by atoms with Gasteiger partial charge in [0.25, 0.3) is 0 Å². The Bertz CT molecular complexity index is 606. The van der Waals surface area contributed by atoms with Gasteiger partial charge < -0.3 is 14.5 Å². The molecule has 2 N–H and O–H groups in total. The van der Waals surface area contributed by atoms with E-state index < -0.39 is 0 Å². The van der Waals surface area contributed by atoms with E-state index >= 15 is 0 Å². The minimum atomic E-state index is 0.394. The monoisotopic (exact) mass is 326 g/mol. The Morgan fingerprint density at radius 3 is 2.86 bits per heavy atom. The Kier molecular flexibility index (Phi) is 4.86. The smallest absolute Gasteiger partial charge is 0.158 e. The molecule has 0 spiro atoms. The molecule has 2 heterocycles. The lowest BCUT2D eigenvalue weighted by atomic mass is 10.2. The third-order valence-corrected chi connectivity index (χ3v) is 4.21. The van der Waals surface area contributed by atoms with Gasteiger partial charge in [-0.05, 0) is 43.2 Å². The summed E-state index contributed by atoms with van der Waals surface area (Å²) in [7, 11) is 0. The summed E-state index contributed by atoms with van der Waals surface area (Å²) in [5, 5.41) is 3.45. The van der Waals surface area contributed by atoms with Crippen LogP contribution in [0.3, 0.4) is 0 Å². The zero-order valence-corrected chi connectivity index (χ0v) is 13.2. The molecule has 1 aromatic heterocycles. The van der Waals surface area contributed by atoms with Crippen LogP contribution in [-0.4, -0.2) is 19.3 Å². The van der Waals surface area contributed by atoms with Crippen molar-refractivity contribution < 1.29 is 14.5 Å². The number of hydrogen-bond acceptors (Lipinski definition) is 2. The predicted octanol–water partition coefficient (Wildman–Crippen LogP) is 3.50. The SMILES string of the molecule is Clc1ccc(-c2ccc(C[NH2+]C[C@H]3CCCO3)o2)c(Cl)c1. The molecule has 5 heteroatoms. The zero-order valence-electron chi connectivity index (χ0n) is 11.6. The van der Waals surface area contributed by atoms with Crippen molar-refractivity contribution in [3.63, 3.8) is 0 Å². The molecule has 0 bridgehead atoms. The lowest BCUT2D eigenvalue weighted by molar-refractivity contribution is -0.677. The van der Waals surface area contributed by atoms with Crippen LogP contribution in [0.1, 0.15) is 18.6 Å². The van der Waals surface area contributed by atoms with Crippen LogP contribution in [0.25, 0.3) is 11.3 Å². The maximum atomic E-state index is 6.19. The molecule has 2 aromatic rings. The molecular weight excluding hydrogens is 309 g/mol. The summed E-state index contributed by atoms with van der Waals surface area (Å²) in [5.41, 5.74) is 0.867. The van der Waals surface area contributed by atoms with Crippen LogP contribution in [0.5, 0.6) is 0 Å². The highest BCUT2D eigenvalue weighted by Crippen LogP contribution is 2.31. The van der Waals surface area contributed by atoms with Gasteiger partial charge in [-0.3, -0.25) is 0 Å². The van der Waals surface area contributed by atoms with E-state index in [1.54, 1.807) is 6.07 Å². The third kappa shape index (κ3) is 3.80. The standard InChI is InChI=1S/C16H17Cl2NO2/c17-11-3-5-14(15(18)8-11)16-6-4-13(21-16)10-19-9-12-2-1-7-20-12/h3-6,8,12,19H,1-2,7,9-10H2/p+1/t12-/m1/s1. The second kappa shape index (κ2) is 6.84. The van der Waals surface area contributed by atoms with Gasteiger partial charge in [0.15, 0.2) is 5.76 Å². The molecule has 1 aliphatic rings. The summed E-state index contributed by atoms with van der Waals surface area (Å²) in [6.07, 6.45) is 2.74. The number of hydrogen-bond donors (Lipinski definition) is 1. The van der Waals surface area contributed by atoms with E-state index in [4.69, 9.17) is 32.4 Å². The summed E-state index contributed by atoms with van der Waals surface area (Å²) in [4.78, 5) is 0. The molecule has 112 valence electrons. The van der Waals surface area contributed by atoms with Gasteiger partial charge >= 0.3 is 0 Å². The Morgan fingerprint density at radius 2 is 2.10 bits per heavy atom. The topological polar surface area (TPSA) is 39.0 Å². The highest BCUT2D eigenvalue weighted by Gasteiger charge is 2.17. The Labute approximate surface area is 134 Å². The van der Waals surface area contributed by atoms with Crippen LogP contribution < -0.4 is 5.32 Å². The Hall–Kier alpha value is -1.00. The number of halogens is 2. The minimum Gasteiger partial charge on any atom is -0.455 e. The number of rotatable bonds is 5. The number of furan rings is 1.